The number of aromatic nitrogens is 2. The minimum absolute atomic E-state index is 0. The van der Waals surface area contributed by atoms with Gasteiger partial charge < -0.3 is 9.97 Å². The Morgan fingerprint density at radius 3 is 2.23 bits per heavy atom. The van der Waals surface area contributed by atoms with Gasteiger partial charge in [-0.1, -0.05) is 56.3 Å². The average Bonchev–Trinajstić information content (AvgIpc) is 3.00. The Kier molecular flexibility index (Phi) is 8.76. The van der Waals surface area contributed by atoms with E-state index in [1.54, 1.807) is 36.7 Å². The van der Waals surface area contributed by atoms with E-state index in [1.165, 1.54) is 6.07 Å². The van der Waals surface area contributed by atoms with Gasteiger partial charge in [-0.05, 0) is 77.2 Å². The monoisotopic (exact) mass is 708 g/mol. The third-order valence-electron chi connectivity index (χ3n) is 7.09. The Hall–Kier alpha value is -3.46. The number of pyridine rings is 2. The van der Waals surface area contributed by atoms with Gasteiger partial charge in [-0.15, -0.1) is 65.7 Å². The van der Waals surface area contributed by atoms with E-state index in [2.05, 4.69) is 35.9 Å². The summed E-state index contributed by atoms with van der Waals surface area (Å²) in [6, 6.07) is 31.7. The third-order valence-corrected chi connectivity index (χ3v) is 7.09. The van der Waals surface area contributed by atoms with Crippen molar-refractivity contribution < 1.29 is 28.6 Å². The number of benzene rings is 3. The fourth-order valence-electron chi connectivity index (χ4n) is 4.67. The standard InChI is InChI=1S/C25H26N.C11H7FN.Ir/c1-25(2)15-12-21(13-16-25)19-8-10-20(11-9-19)23-14-17-26-24(18-23)22-6-4-3-5-7-22;12-10-5-3-4-9(8-10)11-6-1-2-7-13-11;/h3-6,8-11,14,17-18,21H,12-13,15-16H2,1-2H3;1-7H;/q2*-1;/i10D,11D,21D;;. The SMILES string of the molecule is Fc1[c-]c(-c2ccccn2)ccc1.[2H]c1cc(C2([2H])CCC(C)(C)CC2)cc([2H])c1-c1ccnc(-c2[c-]cccc2)c1.[Ir]. The average molecular weight is 708 g/mol. The van der Waals surface area contributed by atoms with E-state index in [0.29, 0.717) is 23.2 Å². The zero-order valence-corrected chi connectivity index (χ0v) is 25.1. The Morgan fingerprint density at radius 1 is 0.825 bits per heavy atom. The van der Waals surface area contributed by atoms with Crippen LogP contribution in [0.1, 0.15) is 55.1 Å². The molecule has 0 unspecified atom stereocenters. The van der Waals surface area contributed by atoms with E-state index < -0.39 is 5.89 Å². The van der Waals surface area contributed by atoms with E-state index >= 15 is 0 Å². The second-order valence-corrected chi connectivity index (χ2v) is 10.5. The smallest absolute Gasteiger partial charge is 0.0629 e. The molecule has 4 heteroatoms. The molecule has 205 valence electrons. The molecule has 0 atom stereocenters. The molecule has 0 amide bonds. The van der Waals surface area contributed by atoms with Crippen molar-refractivity contribution in [1.29, 1.82) is 0 Å². The van der Waals surface area contributed by atoms with E-state index in [4.69, 9.17) is 4.11 Å². The van der Waals surface area contributed by atoms with Crippen LogP contribution in [-0.4, -0.2) is 9.97 Å². The Labute approximate surface area is 255 Å². The fraction of sp³-hybridized carbons (Fsp3) is 0.222. The van der Waals surface area contributed by atoms with E-state index in [1.807, 2.05) is 54.6 Å². The summed E-state index contributed by atoms with van der Waals surface area (Å²) < 4.78 is 39.0. The molecule has 0 aliphatic heterocycles. The number of hydrogen-bond acceptors (Lipinski definition) is 2. The number of hydrogen-bond donors (Lipinski definition) is 0. The van der Waals surface area contributed by atoms with Crippen molar-refractivity contribution in [3.8, 4) is 33.6 Å². The molecule has 2 heterocycles. The largest absolute Gasteiger partial charge is 0.305 e. The van der Waals surface area contributed by atoms with Crippen LogP contribution in [0.25, 0.3) is 33.6 Å². The summed E-state index contributed by atoms with van der Waals surface area (Å²) in [5.74, 6) is -1.05. The summed E-state index contributed by atoms with van der Waals surface area (Å²) in [4.78, 5) is 8.52. The van der Waals surface area contributed by atoms with Crippen LogP contribution >= 0.6 is 0 Å². The second-order valence-electron chi connectivity index (χ2n) is 10.5. The molecule has 5 aromatic rings. The van der Waals surface area contributed by atoms with Crippen molar-refractivity contribution in [2.24, 2.45) is 5.41 Å². The van der Waals surface area contributed by atoms with Crippen molar-refractivity contribution in [2.75, 3.05) is 0 Å². The molecule has 1 saturated carbocycles. The van der Waals surface area contributed by atoms with Gasteiger partial charge in [0.1, 0.15) is 0 Å². The molecule has 2 aromatic heterocycles. The van der Waals surface area contributed by atoms with Crippen LogP contribution in [0.4, 0.5) is 4.39 Å². The van der Waals surface area contributed by atoms with E-state index in [-0.39, 0.29) is 31.3 Å². The molecule has 1 radical (unpaired) electrons. The molecule has 1 aliphatic rings. The molecule has 1 aliphatic carbocycles. The first-order valence-corrected chi connectivity index (χ1v) is 13.3. The third kappa shape index (κ3) is 7.81. The van der Waals surface area contributed by atoms with Crippen molar-refractivity contribution >= 4 is 0 Å². The van der Waals surface area contributed by atoms with Crippen LogP contribution in [0.2, 0.25) is 0 Å². The van der Waals surface area contributed by atoms with E-state index in [9.17, 15) is 4.39 Å². The minimum atomic E-state index is -0.692. The molecule has 6 rings (SSSR count). The topological polar surface area (TPSA) is 25.8 Å². The van der Waals surface area contributed by atoms with Crippen LogP contribution < -0.4 is 0 Å². The maximum atomic E-state index is 12.8. The van der Waals surface area contributed by atoms with Crippen molar-refractivity contribution in [3.05, 3.63) is 133 Å². The van der Waals surface area contributed by atoms with Gasteiger partial charge in [0.15, 0.2) is 0 Å². The van der Waals surface area contributed by atoms with Crippen molar-refractivity contribution in [3.63, 3.8) is 0 Å². The molecule has 3 aromatic carbocycles. The number of nitrogens with zero attached hydrogens (tertiary/aromatic N) is 2. The summed E-state index contributed by atoms with van der Waals surface area (Å²) in [5, 5.41) is 0. The van der Waals surface area contributed by atoms with E-state index in [0.717, 1.165) is 53.8 Å². The normalized spacial score (nSPS) is 16.2. The summed E-state index contributed by atoms with van der Waals surface area (Å²) in [6.45, 7) is 4.51. The number of rotatable bonds is 4. The number of halogens is 1. The molecule has 0 saturated heterocycles. The molecule has 1 fully saturated rings. The van der Waals surface area contributed by atoms with Crippen LogP contribution in [0.3, 0.4) is 0 Å². The predicted molar refractivity (Wildman–Crippen MR) is 157 cm³/mol. The Bertz CT molecular complexity index is 1630. The predicted octanol–water partition coefficient (Wildman–Crippen LogP) is 9.58. The summed E-state index contributed by atoms with van der Waals surface area (Å²) in [6.07, 6.45) is 6.95. The Morgan fingerprint density at radius 2 is 1.55 bits per heavy atom. The van der Waals surface area contributed by atoms with Gasteiger partial charge in [-0.2, -0.15) is 0 Å². The maximum Gasteiger partial charge on any atom is 0.0629 e. The molecule has 40 heavy (non-hydrogen) atoms. The molecular weight excluding hydrogens is 672 g/mol. The van der Waals surface area contributed by atoms with Crippen LogP contribution in [0.5, 0.6) is 0 Å². The summed E-state index contributed by atoms with van der Waals surface area (Å²) in [5.41, 5.74) is 5.56. The van der Waals surface area contributed by atoms with Gasteiger partial charge >= 0.3 is 0 Å². The van der Waals surface area contributed by atoms with Crippen LogP contribution in [0, 0.1) is 23.4 Å². The van der Waals surface area contributed by atoms with Crippen molar-refractivity contribution in [1.82, 2.24) is 9.97 Å². The van der Waals surface area contributed by atoms with Gasteiger partial charge in [0.25, 0.3) is 0 Å². The first kappa shape index (κ1) is 25.5. The molecule has 0 spiro atoms. The summed E-state index contributed by atoms with van der Waals surface area (Å²) in [7, 11) is 0. The van der Waals surface area contributed by atoms with Gasteiger partial charge in [-0.25, -0.2) is 4.39 Å². The molecule has 0 bridgehead atoms. The van der Waals surface area contributed by atoms with Gasteiger partial charge in [0.05, 0.1) is 2.74 Å². The zero-order valence-electron chi connectivity index (χ0n) is 25.7. The van der Waals surface area contributed by atoms with Gasteiger partial charge in [0.2, 0.25) is 0 Å². The zero-order chi connectivity index (χ0) is 29.7. The fourth-order valence-corrected chi connectivity index (χ4v) is 4.67. The van der Waals surface area contributed by atoms with Gasteiger partial charge in [-0.3, -0.25) is 0 Å². The van der Waals surface area contributed by atoms with Crippen LogP contribution in [-0.2, 0) is 20.1 Å². The quantitative estimate of drug-likeness (QED) is 0.174. The van der Waals surface area contributed by atoms with Crippen molar-refractivity contribution in [2.45, 2.75) is 45.4 Å². The van der Waals surface area contributed by atoms with Crippen LogP contribution in [0.15, 0.2) is 109 Å². The molecule has 2 nitrogen and oxygen atoms in total. The molecule has 0 N–H and O–H groups in total. The minimum Gasteiger partial charge on any atom is -0.305 e. The second kappa shape index (κ2) is 13.7. The summed E-state index contributed by atoms with van der Waals surface area (Å²) >= 11 is 0. The van der Waals surface area contributed by atoms with Gasteiger partial charge in [0, 0.05) is 39.7 Å². The Balaban J connectivity index is 0.000000253. The first-order valence-electron chi connectivity index (χ1n) is 14.8. The molecular formula is C36H33FIrN2-2. The first-order chi connectivity index (χ1) is 20.1. The maximum absolute atomic E-state index is 12.8.